The number of benzene rings is 1. The molecule has 1 heterocycles. The van der Waals surface area contributed by atoms with Crippen LogP contribution in [0.2, 0.25) is 10.0 Å². The molecule has 0 saturated heterocycles. The van der Waals surface area contributed by atoms with E-state index in [1.54, 1.807) is 12.1 Å². The topological polar surface area (TPSA) is 46.9 Å². The first-order chi connectivity index (χ1) is 11.3. The molecule has 4 nitrogen and oxygen atoms in total. The van der Waals surface area contributed by atoms with Crippen LogP contribution in [0, 0.1) is 19.8 Å². The SMILES string of the molecule is Cc1nn(CC(C)C)c(C)c1CC(=O)NCc1ccc(Cl)cc1Cl. The van der Waals surface area contributed by atoms with E-state index >= 15 is 0 Å². The van der Waals surface area contributed by atoms with Gasteiger partial charge in [-0.25, -0.2) is 0 Å². The Morgan fingerprint density at radius 2 is 2.00 bits per heavy atom. The molecular formula is C18H23Cl2N3O. The molecule has 1 aromatic carbocycles. The van der Waals surface area contributed by atoms with Crippen molar-refractivity contribution in [3.8, 4) is 0 Å². The number of carbonyl (C=O) groups excluding carboxylic acids is 1. The predicted molar refractivity (Wildman–Crippen MR) is 98.6 cm³/mol. The fraction of sp³-hybridized carbons (Fsp3) is 0.444. The normalized spacial score (nSPS) is 11.1. The van der Waals surface area contributed by atoms with Crippen LogP contribution in [-0.2, 0) is 24.3 Å². The third-order valence-electron chi connectivity index (χ3n) is 3.90. The Balaban J connectivity index is 2.01. The molecule has 0 saturated carbocycles. The van der Waals surface area contributed by atoms with Crippen LogP contribution >= 0.6 is 23.2 Å². The number of aryl methyl sites for hydroxylation is 1. The number of amides is 1. The van der Waals surface area contributed by atoms with Crippen LogP contribution < -0.4 is 5.32 Å². The lowest BCUT2D eigenvalue weighted by Crippen LogP contribution is -2.25. The van der Waals surface area contributed by atoms with Crippen molar-refractivity contribution in [1.82, 2.24) is 15.1 Å². The third kappa shape index (κ3) is 4.74. The molecule has 0 atom stereocenters. The van der Waals surface area contributed by atoms with Crippen LogP contribution in [0.15, 0.2) is 18.2 Å². The number of hydrogen-bond donors (Lipinski definition) is 1. The van der Waals surface area contributed by atoms with Crippen LogP contribution in [0.3, 0.4) is 0 Å². The van der Waals surface area contributed by atoms with Gasteiger partial charge in [-0.3, -0.25) is 9.48 Å². The first-order valence-electron chi connectivity index (χ1n) is 8.01. The van der Waals surface area contributed by atoms with Crippen LogP contribution in [0.4, 0.5) is 0 Å². The second kappa shape index (κ2) is 8.04. The van der Waals surface area contributed by atoms with E-state index in [9.17, 15) is 4.79 Å². The molecular weight excluding hydrogens is 345 g/mol. The minimum Gasteiger partial charge on any atom is -0.352 e. The highest BCUT2D eigenvalue weighted by atomic mass is 35.5. The van der Waals surface area contributed by atoms with E-state index in [0.717, 1.165) is 29.1 Å². The summed E-state index contributed by atoms with van der Waals surface area (Å²) in [6, 6.07) is 5.26. The molecule has 2 aromatic rings. The Hall–Kier alpha value is -1.52. The highest BCUT2D eigenvalue weighted by Gasteiger charge is 2.15. The van der Waals surface area contributed by atoms with Gasteiger partial charge >= 0.3 is 0 Å². The summed E-state index contributed by atoms with van der Waals surface area (Å²) in [5.74, 6) is 0.466. The van der Waals surface area contributed by atoms with Gasteiger partial charge < -0.3 is 5.32 Å². The second-order valence-electron chi connectivity index (χ2n) is 6.41. The molecule has 0 aliphatic rings. The fourth-order valence-corrected chi connectivity index (χ4v) is 3.07. The molecule has 0 spiro atoms. The zero-order valence-corrected chi connectivity index (χ0v) is 16.0. The summed E-state index contributed by atoms with van der Waals surface area (Å²) in [6.07, 6.45) is 0.320. The molecule has 0 aliphatic carbocycles. The summed E-state index contributed by atoms with van der Waals surface area (Å²) >= 11 is 12.0. The van der Waals surface area contributed by atoms with Gasteiger partial charge in [-0.15, -0.1) is 0 Å². The van der Waals surface area contributed by atoms with Gasteiger partial charge in [0.1, 0.15) is 0 Å². The number of carbonyl (C=O) groups is 1. The zero-order valence-electron chi connectivity index (χ0n) is 14.5. The molecule has 1 aromatic heterocycles. The molecule has 2 rings (SSSR count). The maximum absolute atomic E-state index is 12.3. The quantitative estimate of drug-likeness (QED) is 0.825. The van der Waals surface area contributed by atoms with E-state index in [1.807, 2.05) is 24.6 Å². The monoisotopic (exact) mass is 367 g/mol. The van der Waals surface area contributed by atoms with Crippen LogP contribution in [0.5, 0.6) is 0 Å². The van der Waals surface area contributed by atoms with Crippen molar-refractivity contribution in [3.05, 3.63) is 50.8 Å². The minimum absolute atomic E-state index is 0.0451. The Bertz CT molecular complexity index is 738. The van der Waals surface area contributed by atoms with E-state index in [2.05, 4.69) is 24.3 Å². The van der Waals surface area contributed by atoms with E-state index in [1.165, 1.54) is 0 Å². The third-order valence-corrected chi connectivity index (χ3v) is 4.48. The van der Waals surface area contributed by atoms with E-state index in [0.29, 0.717) is 28.9 Å². The molecule has 0 unspecified atom stereocenters. The zero-order chi connectivity index (χ0) is 17.9. The molecule has 0 bridgehead atoms. The Kier molecular flexibility index (Phi) is 6.30. The van der Waals surface area contributed by atoms with Gasteiger partial charge in [-0.05, 0) is 37.5 Å². The lowest BCUT2D eigenvalue weighted by atomic mass is 10.1. The lowest BCUT2D eigenvalue weighted by molar-refractivity contribution is -0.120. The summed E-state index contributed by atoms with van der Waals surface area (Å²) in [4.78, 5) is 12.3. The van der Waals surface area contributed by atoms with E-state index in [4.69, 9.17) is 23.2 Å². The van der Waals surface area contributed by atoms with Crippen molar-refractivity contribution in [2.24, 2.45) is 5.92 Å². The summed E-state index contributed by atoms with van der Waals surface area (Å²) in [5.41, 5.74) is 3.81. The Morgan fingerprint density at radius 1 is 1.29 bits per heavy atom. The molecule has 130 valence electrons. The first kappa shape index (κ1) is 18.8. The van der Waals surface area contributed by atoms with Gasteiger partial charge in [0.2, 0.25) is 5.91 Å². The van der Waals surface area contributed by atoms with Gasteiger partial charge in [0, 0.05) is 34.4 Å². The summed E-state index contributed by atoms with van der Waals surface area (Å²) < 4.78 is 1.98. The van der Waals surface area contributed by atoms with Crippen molar-refractivity contribution >= 4 is 29.1 Å². The van der Waals surface area contributed by atoms with Crippen LogP contribution in [0.1, 0.15) is 36.4 Å². The summed E-state index contributed by atoms with van der Waals surface area (Å²) in [7, 11) is 0. The minimum atomic E-state index is -0.0451. The maximum Gasteiger partial charge on any atom is 0.224 e. The van der Waals surface area contributed by atoms with Crippen LogP contribution in [-0.4, -0.2) is 15.7 Å². The summed E-state index contributed by atoms with van der Waals surface area (Å²) in [5, 5.41) is 8.59. The highest BCUT2D eigenvalue weighted by molar-refractivity contribution is 6.35. The molecule has 0 fully saturated rings. The molecule has 24 heavy (non-hydrogen) atoms. The van der Waals surface area contributed by atoms with Gasteiger partial charge in [-0.1, -0.05) is 43.1 Å². The maximum atomic E-state index is 12.3. The standard InChI is InChI=1S/C18H23Cl2N3O/c1-11(2)10-23-13(4)16(12(3)22-23)8-18(24)21-9-14-5-6-15(19)7-17(14)20/h5-7,11H,8-10H2,1-4H3,(H,21,24). The van der Waals surface area contributed by atoms with Crippen molar-refractivity contribution in [1.29, 1.82) is 0 Å². The highest BCUT2D eigenvalue weighted by Crippen LogP contribution is 2.21. The molecule has 0 radical (unpaired) electrons. The van der Waals surface area contributed by atoms with E-state index < -0.39 is 0 Å². The lowest BCUT2D eigenvalue weighted by Gasteiger charge is -2.09. The number of nitrogens with zero attached hydrogens (tertiary/aromatic N) is 2. The van der Waals surface area contributed by atoms with Crippen molar-refractivity contribution in [3.63, 3.8) is 0 Å². The number of rotatable bonds is 6. The predicted octanol–water partition coefficient (Wildman–Crippen LogP) is 4.32. The van der Waals surface area contributed by atoms with E-state index in [-0.39, 0.29) is 5.91 Å². The largest absolute Gasteiger partial charge is 0.352 e. The molecule has 0 aliphatic heterocycles. The Labute approximate surface area is 153 Å². The second-order valence-corrected chi connectivity index (χ2v) is 7.26. The fourth-order valence-electron chi connectivity index (χ4n) is 2.60. The van der Waals surface area contributed by atoms with Gasteiger partial charge in [0.25, 0.3) is 0 Å². The van der Waals surface area contributed by atoms with Gasteiger partial charge in [0.15, 0.2) is 0 Å². The average Bonchev–Trinajstić information content (AvgIpc) is 2.73. The Morgan fingerprint density at radius 3 is 2.62 bits per heavy atom. The smallest absolute Gasteiger partial charge is 0.224 e. The number of aromatic nitrogens is 2. The number of halogens is 2. The van der Waals surface area contributed by atoms with Crippen molar-refractivity contribution in [2.45, 2.75) is 47.2 Å². The molecule has 6 heteroatoms. The summed E-state index contributed by atoms with van der Waals surface area (Å²) in [6.45, 7) is 9.50. The van der Waals surface area contributed by atoms with Gasteiger partial charge in [0.05, 0.1) is 12.1 Å². The average molecular weight is 368 g/mol. The first-order valence-corrected chi connectivity index (χ1v) is 8.77. The van der Waals surface area contributed by atoms with Crippen molar-refractivity contribution in [2.75, 3.05) is 0 Å². The van der Waals surface area contributed by atoms with Gasteiger partial charge in [-0.2, -0.15) is 5.10 Å². The molecule has 1 amide bonds. The molecule has 1 N–H and O–H groups in total. The van der Waals surface area contributed by atoms with Crippen LogP contribution in [0.25, 0.3) is 0 Å². The van der Waals surface area contributed by atoms with Crippen molar-refractivity contribution < 1.29 is 4.79 Å². The number of nitrogens with one attached hydrogen (secondary N) is 1. The number of hydrogen-bond acceptors (Lipinski definition) is 2.